The molecule has 2 saturated heterocycles. The number of pyridine rings is 1. The van der Waals surface area contributed by atoms with Crippen LogP contribution in [-0.2, 0) is 25.2 Å². The molecule has 258 valence electrons. The fourth-order valence-corrected chi connectivity index (χ4v) is 8.96. The molecule has 50 heavy (non-hydrogen) atoms. The van der Waals surface area contributed by atoms with Crippen molar-refractivity contribution in [3.05, 3.63) is 95.7 Å². The summed E-state index contributed by atoms with van der Waals surface area (Å²) in [6.45, 7) is 6.08. The second kappa shape index (κ2) is 13.4. The van der Waals surface area contributed by atoms with Crippen molar-refractivity contribution in [3.8, 4) is 11.8 Å². The van der Waals surface area contributed by atoms with Crippen LogP contribution in [0.2, 0.25) is 0 Å². The monoisotopic (exact) mass is 694 g/mol. The Labute approximate surface area is 291 Å². The summed E-state index contributed by atoms with van der Waals surface area (Å²) in [7, 11) is -2.53. The minimum Gasteiger partial charge on any atom is -0.493 e. The summed E-state index contributed by atoms with van der Waals surface area (Å²) in [5, 5.41) is 10.5. The number of rotatable bonds is 7. The number of sulfonamides is 1. The van der Waals surface area contributed by atoms with Crippen molar-refractivity contribution in [2.45, 2.75) is 36.3 Å². The van der Waals surface area contributed by atoms with E-state index in [0.29, 0.717) is 41.9 Å². The van der Waals surface area contributed by atoms with Crippen molar-refractivity contribution in [1.29, 1.82) is 5.26 Å². The van der Waals surface area contributed by atoms with E-state index < -0.39 is 27.6 Å². The molecule has 1 atom stereocenters. The number of amides is 2. The maximum absolute atomic E-state index is 15.2. The zero-order valence-corrected chi connectivity index (χ0v) is 28.8. The zero-order valence-electron chi connectivity index (χ0n) is 28.0. The van der Waals surface area contributed by atoms with Crippen molar-refractivity contribution < 1.29 is 27.5 Å². The molecule has 4 aromatic rings. The van der Waals surface area contributed by atoms with Gasteiger partial charge in [0.15, 0.2) is 0 Å². The number of piperazine rings is 1. The number of hydrogen-bond acceptors (Lipinski definition) is 10. The predicted octanol–water partition coefficient (Wildman–Crippen LogP) is 4.33. The Morgan fingerprint density at radius 3 is 2.44 bits per heavy atom. The number of likely N-dealkylation sites (tertiary alicyclic amines) is 1. The largest absolute Gasteiger partial charge is 0.493 e. The second-order valence-corrected chi connectivity index (χ2v) is 14.5. The zero-order chi connectivity index (χ0) is 35.0. The third kappa shape index (κ3) is 5.63. The van der Waals surface area contributed by atoms with E-state index in [9.17, 15) is 18.5 Å². The minimum absolute atomic E-state index is 0.0341. The van der Waals surface area contributed by atoms with Gasteiger partial charge in [0.1, 0.15) is 10.6 Å². The Kier molecular flexibility index (Phi) is 8.94. The standard InChI is InChI=1S/C37H38N6O6S/c1-3-48-32-11-5-4-10-29(32)37(49-36(45)42-22-20-41(21-23-42)28-15-18-40(2)19-16-28)30-24-26(25-38)13-14-31(30)43(35(37)44)50(46,47)33-12-6-8-27-9-7-17-39-34(27)33/h4-14,17,24,28H,3,15-16,18-23H2,1-2H3. The van der Waals surface area contributed by atoms with E-state index in [-0.39, 0.29) is 45.1 Å². The molecule has 7 rings (SSSR count). The molecular weight excluding hydrogens is 657 g/mol. The topological polar surface area (TPSA) is 136 Å². The number of para-hydroxylation sites is 2. The van der Waals surface area contributed by atoms with Gasteiger partial charge in [-0.3, -0.25) is 14.7 Å². The Morgan fingerprint density at radius 1 is 0.960 bits per heavy atom. The van der Waals surface area contributed by atoms with Gasteiger partial charge in [-0.2, -0.15) is 9.57 Å². The first-order valence-electron chi connectivity index (χ1n) is 16.8. The van der Waals surface area contributed by atoms with Gasteiger partial charge in [-0.25, -0.2) is 13.2 Å². The first-order valence-corrected chi connectivity index (χ1v) is 18.2. The molecule has 12 nitrogen and oxygen atoms in total. The van der Waals surface area contributed by atoms with Crippen LogP contribution in [0, 0.1) is 11.3 Å². The van der Waals surface area contributed by atoms with Gasteiger partial charge in [0.25, 0.3) is 15.9 Å². The molecule has 0 radical (unpaired) electrons. The third-order valence-corrected chi connectivity index (χ3v) is 11.6. The molecule has 3 aliphatic rings. The van der Waals surface area contributed by atoms with Crippen molar-refractivity contribution in [1.82, 2.24) is 19.7 Å². The number of fused-ring (bicyclic) bond motifs is 2. The minimum atomic E-state index is -4.65. The van der Waals surface area contributed by atoms with Gasteiger partial charge < -0.3 is 19.3 Å². The summed E-state index contributed by atoms with van der Waals surface area (Å²) < 4.78 is 42.5. The van der Waals surface area contributed by atoms with Crippen LogP contribution in [0.25, 0.3) is 10.9 Å². The lowest BCUT2D eigenvalue weighted by Crippen LogP contribution is -2.55. The third-order valence-electron chi connectivity index (χ3n) is 9.91. The Morgan fingerprint density at radius 2 is 1.70 bits per heavy atom. The van der Waals surface area contributed by atoms with E-state index >= 15 is 4.79 Å². The number of anilines is 1. The fraction of sp³-hybridized carbons (Fsp3) is 0.351. The van der Waals surface area contributed by atoms with E-state index in [0.717, 1.165) is 25.9 Å². The molecular formula is C37H38N6O6S. The second-order valence-electron chi connectivity index (χ2n) is 12.8. The number of carbonyl (C=O) groups excluding carboxylic acids is 2. The Balaban J connectivity index is 1.33. The number of aromatic nitrogens is 1. The van der Waals surface area contributed by atoms with Gasteiger partial charge in [0.2, 0.25) is 5.60 Å². The summed E-state index contributed by atoms with van der Waals surface area (Å²) in [4.78, 5) is 39.9. The molecule has 2 fully saturated rings. The maximum atomic E-state index is 15.2. The molecule has 1 unspecified atom stereocenters. The van der Waals surface area contributed by atoms with E-state index in [1.54, 1.807) is 60.4 Å². The van der Waals surface area contributed by atoms with Gasteiger partial charge in [-0.15, -0.1) is 0 Å². The van der Waals surface area contributed by atoms with Gasteiger partial charge >= 0.3 is 6.09 Å². The predicted molar refractivity (Wildman–Crippen MR) is 186 cm³/mol. The quantitative estimate of drug-likeness (QED) is 0.275. The molecule has 2 amide bonds. The molecule has 0 spiro atoms. The summed E-state index contributed by atoms with van der Waals surface area (Å²) in [6, 6.07) is 21.5. The molecule has 1 aromatic heterocycles. The van der Waals surface area contributed by atoms with E-state index in [2.05, 4.69) is 27.9 Å². The number of benzene rings is 3. The molecule has 3 aliphatic heterocycles. The number of ether oxygens (including phenoxy) is 2. The normalized spacial score (nSPS) is 20.5. The Bertz CT molecular complexity index is 2100. The van der Waals surface area contributed by atoms with Crippen LogP contribution in [0.5, 0.6) is 5.75 Å². The summed E-state index contributed by atoms with van der Waals surface area (Å²) in [5.74, 6) is -0.788. The molecule has 4 heterocycles. The van der Waals surface area contributed by atoms with Gasteiger partial charge in [-0.05, 0) is 76.3 Å². The highest BCUT2D eigenvalue weighted by Crippen LogP contribution is 2.52. The lowest BCUT2D eigenvalue weighted by Gasteiger charge is -2.42. The van der Waals surface area contributed by atoms with Crippen LogP contribution in [-0.4, -0.2) is 99.1 Å². The van der Waals surface area contributed by atoms with Crippen LogP contribution in [0.3, 0.4) is 0 Å². The van der Waals surface area contributed by atoms with Crippen molar-refractivity contribution in [2.24, 2.45) is 0 Å². The molecule has 0 saturated carbocycles. The smallest absolute Gasteiger partial charge is 0.411 e. The maximum Gasteiger partial charge on any atom is 0.411 e. The highest BCUT2D eigenvalue weighted by Gasteiger charge is 2.61. The number of piperidine rings is 1. The molecule has 13 heteroatoms. The van der Waals surface area contributed by atoms with E-state index in [1.807, 2.05) is 0 Å². The lowest BCUT2D eigenvalue weighted by atomic mass is 9.85. The summed E-state index contributed by atoms with van der Waals surface area (Å²) >= 11 is 0. The van der Waals surface area contributed by atoms with Gasteiger partial charge in [-0.1, -0.05) is 36.4 Å². The first-order chi connectivity index (χ1) is 24.2. The van der Waals surface area contributed by atoms with Gasteiger partial charge in [0.05, 0.1) is 35.0 Å². The molecule has 0 bridgehead atoms. The van der Waals surface area contributed by atoms with Crippen LogP contribution in [0.1, 0.15) is 36.5 Å². The Hall–Kier alpha value is -5.03. The van der Waals surface area contributed by atoms with Crippen molar-refractivity contribution in [3.63, 3.8) is 0 Å². The van der Waals surface area contributed by atoms with Gasteiger partial charge in [0, 0.05) is 49.4 Å². The van der Waals surface area contributed by atoms with Crippen LogP contribution >= 0.6 is 0 Å². The number of nitrogens with zero attached hydrogens (tertiary/aromatic N) is 6. The van der Waals surface area contributed by atoms with Crippen LogP contribution in [0.15, 0.2) is 83.9 Å². The van der Waals surface area contributed by atoms with E-state index in [1.165, 1.54) is 30.5 Å². The number of nitriles is 1. The summed E-state index contributed by atoms with van der Waals surface area (Å²) in [6.07, 6.45) is 2.83. The van der Waals surface area contributed by atoms with E-state index in [4.69, 9.17) is 9.47 Å². The van der Waals surface area contributed by atoms with Crippen molar-refractivity contribution in [2.75, 3.05) is 57.2 Å². The van der Waals surface area contributed by atoms with Crippen molar-refractivity contribution >= 4 is 38.6 Å². The molecule has 3 aromatic carbocycles. The highest BCUT2D eigenvalue weighted by molar-refractivity contribution is 7.93. The highest BCUT2D eigenvalue weighted by atomic mass is 32.2. The van der Waals surface area contributed by atoms with Crippen LogP contribution in [0.4, 0.5) is 10.5 Å². The number of carbonyl (C=O) groups is 2. The lowest BCUT2D eigenvalue weighted by molar-refractivity contribution is -0.132. The summed E-state index contributed by atoms with van der Waals surface area (Å²) in [5.41, 5.74) is -1.80. The molecule has 0 aliphatic carbocycles. The average molecular weight is 695 g/mol. The number of hydrogen-bond donors (Lipinski definition) is 0. The average Bonchev–Trinajstić information content (AvgIpc) is 3.39. The SMILES string of the molecule is CCOc1ccccc1C1(OC(=O)N2CCN(C3CCN(C)CC3)CC2)C(=O)N(S(=O)(=O)c2cccc3cccnc23)c2ccc(C#N)cc21. The fourth-order valence-electron chi connectivity index (χ4n) is 7.33. The van der Waals surface area contributed by atoms with Crippen LogP contribution < -0.4 is 9.04 Å². The molecule has 0 N–H and O–H groups in total. The first kappa shape index (κ1) is 33.5.